The molecular weight excluding hydrogens is 299 g/mol. The first kappa shape index (κ1) is 15.9. The molecule has 0 saturated carbocycles. The van der Waals surface area contributed by atoms with Crippen LogP contribution in [0, 0.1) is 0 Å². The second-order valence-corrected chi connectivity index (χ2v) is 5.68. The van der Waals surface area contributed by atoms with Crippen molar-refractivity contribution in [3.05, 3.63) is 48.3 Å². The Bertz CT molecular complexity index is 554. The van der Waals surface area contributed by atoms with Crippen molar-refractivity contribution in [2.24, 2.45) is 0 Å². The summed E-state index contributed by atoms with van der Waals surface area (Å²) in [7, 11) is 0. The van der Waals surface area contributed by atoms with E-state index in [4.69, 9.17) is 0 Å². The molecular formula is C14H16F3N3S. The molecule has 0 bridgehead atoms. The third-order valence-corrected chi connectivity index (χ3v) is 3.68. The van der Waals surface area contributed by atoms with Crippen LogP contribution < -0.4 is 5.32 Å². The molecule has 1 atom stereocenters. The maximum Gasteiger partial charge on any atom is 0.441 e. The highest BCUT2D eigenvalue weighted by molar-refractivity contribution is 8.00. The Morgan fingerprint density at radius 2 is 2.00 bits per heavy atom. The van der Waals surface area contributed by atoms with Crippen molar-refractivity contribution >= 4 is 11.8 Å². The maximum absolute atomic E-state index is 12.0. The van der Waals surface area contributed by atoms with Gasteiger partial charge in [-0.3, -0.25) is 0 Å². The van der Waals surface area contributed by atoms with E-state index in [1.165, 1.54) is 0 Å². The van der Waals surface area contributed by atoms with E-state index in [0.29, 0.717) is 6.54 Å². The number of rotatable bonds is 6. The lowest BCUT2D eigenvalue weighted by molar-refractivity contribution is -0.0327. The molecule has 1 N–H and O–H groups in total. The van der Waals surface area contributed by atoms with Gasteiger partial charge in [0.1, 0.15) is 0 Å². The monoisotopic (exact) mass is 315 g/mol. The Kier molecular flexibility index (Phi) is 5.30. The minimum absolute atomic E-state index is 0.000657. The van der Waals surface area contributed by atoms with Crippen LogP contribution in [0.3, 0.4) is 0 Å². The lowest BCUT2D eigenvalue weighted by Crippen LogP contribution is -2.22. The molecule has 0 aliphatic carbocycles. The van der Waals surface area contributed by atoms with Gasteiger partial charge in [0.05, 0.1) is 11.9 Å². The van der Waals surface area contributed by atoms with Crippen LogP contribution in [0.2, 0.25) is 0 Å². The molecule has 3 nitrogen and oxygen atoms in total. The fraction of sp³-hybridized carbons (Fsp3) is 0.357. The lowest BCUT2D eigenvalue weighted by Gasteiger charge is -2.12. The highest BCUT2D eigenvalue weighted by Crippen LogP contribution is 2.29. The van der Waals surface area contributed by atoms with Crippen molar-refractivity contribution in [3.63, 3.8) is 0 Å². The molecule has 0 saturated heterocycles. The highest BCUT2D eigenvalue weighted by atomic mass is 32.2. The van der Waals surface area contributed by atoms with Gasteiger partial charge in [0.25, 0.3) is 0 Å². The number of nitrogens with zero attached hydrogens (tertiary/aromatic N) is 2. The second kappa shape index (κ2) is 7.00. The second-order valence-electron chi connectivity index (χ2n) is 4.52. The summed E-state index contributed by atoms with van der Waals surface area (Å²) in [5.74, 6) is 0.000657. The van der Waals surface area contributed by atoms with Gasteiger partial charge in [0, 0.05) is 30.1 Å². The molecule has 7 heteroatoms. The molecule has 1 heterocycles. The van der Waals surface area contributed by atoms with Gasteiger partial charge in [-0.1, -0.05) is 18.2 Å². The summed E-state index contributed by atoms with van der Waals surface area (Å²) in [5.41, 5.74) is -2.28. The van der Waals surface area contributed by atoms with Crippen LogP contribution in [-0.4, -0.2) is 27.6 Å². The van der Waals surface area contributed by atoms with Crippen LogP contribution in [0.15, 0.2) is 42.7 Å². The number of hydrogen-bond acceptors (Lipinski definition) is 3. The highest BCUT2D eigenvalue weighted by Gasteiger charge is 2.27. The van der Waals surface area contributed by atoms with Crippen molar-refractivity contribution in [1.82, 2.24) is 15.1 Å². The normalized spacial score (nSPS) is 13.3. The smallest absolute Gasteiger partial charge is 0.309 e. The van der Waals surface area contributed by atoms with Gasteiger partial charge in [0.15, 0.2) is 0 Å². The molecule has 1 unspecified atom stereocenters. The number of hydrogen-bond donors (Lipinski definition) is 1. The number of alkyl halides is 3. The zero-order chi connectivity index (χ0) is 15.3. The molecule has 2 rings (SSSR count). The Labute approximate surface area is 125 Å². The van der Waals surface area contributed by atoms with E-state index in [0.717, 1.165) is 11.3 Å². The number of nitrogens with one attached hydrogen (secondary N) is 1. The number of aromatic nitrogens is 2. The van der Waals surface area contributed by atoms with E-state index in [-0.39, 0.29) is 23.6 Å². The van der Waals surface area contributed by atoms with Gasteiger partial charge in [-0.2, -0.15) is 18.3 Å². The summed E-state index contributed by atoms with van der Waals surface area (Å²) in [6, 6.07) is 9.61. The maximum atomic E-state index is 12.0. The average Bonchev–Trinajstić information content (AvgIpc) is 2.93. The van der Waals surface area contributed by atoms with Gasteiger partial charge in [-0.25, -0.2) is 4.68 Å². The first-order valence-corrected chi connectivity index (χ1v) is 7.48. The van der Waals surface area contributed by atoms with E-state index in [2.05, 4.69) is 10.4 Å². The Morgan fingerprint density at radius 1 is 1.29 bits per heavy atom. The molecule has 1 aromatic heterocycles. The van der Waals surface area contributed by atoms with Crippen molar-refractivity contribution in [1.29, 1.82) is 0 Å². The molecule has 0 spiro atoms. The number of para-hydroxylation sites is 1. The van der Waals surface area contributed by atoms with Gasteiger partial charge >= 0.3 is 5.51 Å². The molecule has 0 radical (unpaired) electrons. The summed E-state index contributed by atoms with van der Waals surface area (Å²) < 4.78 is 37.8. The van der Waals surface area contributed by atoms with Crippen molar-refractivity contribution in [2.75, 3.05) is 12.3 Å². The SMILES string of the molecule is CC(NCCSC(F)(F)F)c1cnn(-c2ccccc2)c1. The topological polar surface area (TPSA) is 29.9 Å². The summed E-state index contributed by atoms with van der Waals surface area (Å²) in [6.07, 6.45) is 3.60. The molecule has 0 aliphatic heterocycles. The fourth-order valence-corrected chi connectivity index (χ4v) is 2.29. The van der Waals surface area contributed by atoms with Gasteiger partial charge in [-0.15, -0.1) is 0 Å². The molecule has 2 aromatic rings. The van der Waals surface area contributed by atoms with Gasteiger partial charge in [0.2, 0.25) is 0 Å². The quantitative estimate of drug-likeness (QED) is 0.823. The van der Waals surface area contributed by atoms with Gasteiger partial charge in [-0.05, 0) is 30.8 Å². The number of benzene rings is 1. The molecule has 0 amide bonds. The van der Waals surface area contributed by atoms with Crippen LogP contribution in [0.5, 0.6) is 0 Å². The third-order valence-electron chi connectivity index (χ3n) is 2.94. The molecule has 0 fully saturated rings. The minimum Gasteiger partial charge on any atom is -0.309 e. The summed E-state index contributed by atoms with van der Waals surface area (Å²) in [6.45, 7) is 2.20. The summed E-state index contributed by atoms with van der Waals surface area (Å²) in [4.78, 5) is 0. The number of halogens is 3. The summed E-state index contributed by atoms with van der Waals surface area (Å²) in [5, 5.41) is 7.33. The van der Waals surface area contributed by atoms with Crippen LogP contribution in [0.4, 0.5) is 13.2 Å². The van der Waals surface area contributed by atoms with E-state index in [9.17, 15) is 13.2 Å². The van der Waals surface area contributed by atoms with E-state index < -0.39 is 5.51 Å². The first-order chi connectivity index (χ1) is 9.96. The van der Waals surface area contributed by atoms with Crippen LogP contribution >= 0.6 is 11.8 Å². The first-order valence-electron chi connectivity index (χ1n) is 6.50. The van der Waals surface area contributed by atoms with Crippen molar-refractivity contribution in [3.8, 4) is 5.69 Å². The number of thioether (sulfide) groups is 1. The van der Waals surface area contributed by atoms with Gasteiger partial charge < -0.3 is 5.32 Å². The molecule has 0 aliphatic rings. The molecule has 1 aromatic carbocycles. The minimum atomic E-state index is -4.16. The van der Waals surface area contributed by atoms with Crippen molar-refractivity contribution < 1.29 is 13.2 Å². The third kappa shape index (κ3) is 5.09. The van der Waals surface area contributed by atoms with E-state index in [1.54, 1.807) is 10.9 Å². The Hall–Kier alpha value is -1.47. The Morgan fingerprint density at radius 3 is 2.67 bits per heavy atom. The van der Waals surface area contributed by atoms with E-state index >= 15 is 0 Å². The molecule has 114 valence electrons. The van der Waals surface area contributed by atoms with Crippen LogP contribution in [0.1, 0.15) is 18.5 Å². The summed E-state index contributed by atoms with van der Waals surface area (Å²) >= 11 is -0.0105. The zero-order valence-corrected chi connectivity index (χ0v) is 12.3. The fourth-order valence-electron chi connectivity index (χ4n) is 1.84. The lowest BCUT2D eigenvalue weighted by atomic mass is 10.2. The standard InChI is InChI=1S/C14H16F3N3S/c1-11(18-7-8-21-14(15,16)17)12-9-19-20(10-12)13-5-3-2-4-6-13/h2-6,9-11,18H,7-8H2,1H3. The Balaban J connectivity index is 1.86. The zero-order valence-electron chi connectivity index (χ0n) is 11.5. The largest absolute Gasteiger partial charge is 0.441 e. The van der Waals surface area contributed by atoms with Crippen LogP contribution in [0.25, 0.3) is 5.69 Å². The van der Waals surface area contributed by atoms with Crippen molar-refractivity contribution in [2.45, 2.75) is 18.5 Å². The van der Waals surface area contributed by atoms with E-state index in [1.807, 2.05) is 43.5 Å². The predicted molar refractivity (Wildman–Crippen MR) is 78.5 cm³/mol. The van der Waals surface area contributed by atoms with Crippen LogP contribution in [-0.2, 0) is 0 Å². The molecule has 21 heavy (non-hydrogen) atoms. The average molecular weight is 315 g/mol. The predicted octanol–water partition coefficient (Wildman–Crippen LogP) is 3.78.